The fourth-order valence-corrected chi connectivity index (χ4v) is 5.71. The summed E-state index contributed by atoms with van der Waals surface area (Å²) in [7, 11) is 1.26. The number of carboxylic acid groups (broad SMARTS) is 2. The van der Waals surface area contributed by atoms with Crippen molar-refractivity contribution in [3.63, 3.8) is 0 Å². The Morgan fingerprint density at radius 2 is 2.12 bits per heavy atom. The number of hydrogen-bond donors (Lipinski definition) is 6. The highest BCUT2D eigenvalue weighted by molar-refractivity contribution is 8.13. The second-order valence-electron chi connectivity index (χ2n) is 7.47. The van der Waals surface area contributed by atoms with Gasteiger partial charge in [0, 0.05) is 31.6 Å². The number of thioether (sulfide) groups is 2. The van der Waals surface area contributed by atoms with Gasteiger partial charge in [0.1, 0.15) is 17.1 Å². The number of aliphatic carboxylic acids is 2. The minimum Gasteiger partial charge on any atom is -0.480 e. The molecule has 0 aromatic rings. The van der Waals surface area contributed by atoms with Crippen LogP contribution in [-0.2, 0) is 23.9 Å². The van der Waals surface area contributed by atoms with Crippen LogP contribution in [0, 0.1) is 5.41 Å². The Kier molecular flexibility index (Phi) is 9.57. The predicted octanol–water partition coefficient (Wildman–Crippen LogP) is -0.0511. The lowest BCUT2D eigenvalue weighted by Gasteiger charge is -2.55. The standard InChI is InChI=1S/C19H29N5O7S2/c1-3-7-22-18(21)33-9-10-8-32-17-19(31-2,16(30)24(17)13(10)15(28)29)23-12(25)6-4-5-11(20)14(26)27/h11,17H,3-9,20H2,1-2H3,(H2,21,22)(H,23,25)(H,26,27)(H,28,29)/t11?,17-,19-/m0/s1. The zero-order valence-electron chi connectivity index (χ0n) is 18.4. The van der Waals surface area contributed by atoms with E-state index >= 15 is 0 Å². The first kappa shape index (κ1) is 27.0. The van der Waals surface area contributed by atoms with Gasteiger partial charge in [-0.2, -0.15) is 0 Å². The number of carboxylic acids is 2. The van der Waals surface area contributed by atoms with Gasteiger partial charge in [-0.1, -0.05) is 18.7 Å². The van der Waals surface area contributed by atoms with E-state index in [0.29, 0.717) is 17.9 Å². The lowest BCUT2D eigenvalue weighted by Crippen LogP contribution is -2.80. The average Bonchev–Trinajstić information content (AvgIpc) is 2.78. The van der Waals surface area contributed by atoms with Crippen LogP contribution < -0.4 is 16.4 Å². The van der Waals surface area contributed by atoms with Gasteiger partial charge >= 0.3 is 11.9 Å². The molecular formula is C19H29N5O7S2. The van der Waals surface area contributed by atoms with Crippen molar-refractivity contribution in [2.45, 2.75) is 49.7 Å². The molecule has 0 bridgehead atoms. The summed E-state index contributed by atoms with van der Waals surface area (Å²) in [6.07, 6.45) is 1.08. The highest BCUT2D eigenvalue weighted by atomic mass is 32.2. The van der Waals surface area contributed by atoms with Crippen molar-refractivity contribution in [1.82, 2.24) is 15.5 Å². The highest BCUT2D eigenvalue weighted by Gasteiger charge is 2.66. The van der Waals surface area contributed by atoms with Crippen molar-refractivity contribution in [1.29, 1.82) is 5.41 Å². The number of β-lactam (4-membered cyclic amide) rings is 1. The molecule has 0 aromatic carbocycles. The fraction of sp³-hybridized carbons (Fsp3) is 0.632. The number of rotatable bonds is 12. The van der Waals surface area contributed by atoms with E-state index in [-0.39, 0.29) is 35.9 Å². The first-order valence-corrected chi connectivity index (χ1v) is 12.3. The molecule has 33 heavy (non-hydrogen) atoms. The monoisotopic (exact) mass is 503 g/mol. The molecule has 0 saturated carbocycles. The number of amides is 2. The Bertz CT molecular complexity index is 852. The van der Waals surface area contributed by atoms with E-state index in [4.69, 9.17) is 21.0 Å². The lowest BCUT2D eigenvalue weighted by atomic mass is 9.98. The lowest BCUT2D eigenvalue weighted by molar-refractivity contribution is -0.192. The van der Waals surface area contributed by atoms with E-state index in [1.807, 2.05) is 6.92 Å². The Morgan fingerprint density at radius 3 is 2.70 bits per heavy atom. The third-order valence-corrected chi connectivity index (χ3v) is 7.42. The van der Waals surface area contributed by atoms with Crippen LogP contribution in [0.3, 0.4) is 0 Å². The van der Waals surface area contributed by atoms with Gasteiger partial charge in [0.15, 0.2) is 5.17 Å². The van der Waals surface area contributed by atoms with Gasteiger partial charge in [-0.3, -0.25) is 24.7 Å². The Hall–Kier alpha value is -2.29. The molecule has 0 spiro atoms. The summed E-state index contributed by atoms with van der Waals surface area (Å²) in [6, 6.07) is -1.08. The fourth-order valence-electron chi connectivity index (χ4n) is 3.38. The quantitative estimate of drug-likeness (QED) is 0.0904. The van der Waals surface area contributed by atoms with Crippen molar-refractivity contribution < 1.29 is 34.1 Å². The number of fused-ring (bicyclic) bond motifs is 1. The van der Waals surface area contributed by atoms with Crippen molar-refractivity contribution >= 4 is 52.4 Å². The molecule has 184 valence electrons. The number of nitrogens with one attached hydrogen (secondary N) is 3. The zero-order chi connectivity index (χ0) is 24.8. The van der Waals surface area contributed by atoms with Gasteiger partial charge in [0.2, 0.25) is 5.91 Å². The predicted molar refractivity (Wildman–Crippen MR) is 124 cm³/mol. The minimum absolute atomic E-state index is 0.0624. The third kappa shape index (κ3) is 5.99. The topological polar surface area (TPSA) is 195 Å². The maximum Gasteiger partial charge on any atom is 0.352 e. The average molecular weight is 504 g/mol. The van der Waals surface area contributed by atoms with Crippen LogP contribution in [-0.4, -0.2) is 86.3 Å². The van der Waals surface area contributed by atoms with Crippen molar-refractivity contribution in [3.05, 3.63) is 11.3 Å². The summed E-state index contributed by atoms with van der Waals surface area (Å²) < 4.78 is 5.37. The maximum atomic E-state index is 13.0. The highest BCUT2D eigenvalue weighted by Crippen LogP contribution is 2.47. The molecule has 2 amide bonds. The molecule has 2 rings (SSSR count). The number of hydrogen-bond acceptors (Lipinski definition) is 9. The SMILES string of the molecule is CCCNC(=N)SCC1=C(C(=O)O)N2C(=O)[C@](NC(=O)CCCC(N)C(=O)O)(OC)[C@@H]2SC1. The third-order valence-electron chi connectivity index (χ3n) is 5.12. The van der Waals surface area contributed by atoms with Crippen LogP contribution in [0.5, 0.6) is 0 Å². The molecule has 2 aliphatic heterocycles. The molecule has 0 aliphatic carbocycles. The molecule has 0 radical (unpaired) electrons. The van der Waals surface area contributed by atoms with Crippen LogP contribution in [0.4, 0.5) is 0 Å². The molecule has 0 aromatic heterocycles. The van der Waals surface area contributed by atoms with Gasteiger partial charge in [0.25, 0.3) is 11.6 Å². The van der Waals surface area contributed by atoms with Gasteiger partial charge in [0.05, 0.1) is 0 Å². The number of ether oxygens (including phenoxy) is 1. The molecule has 7 N–H and O–H groups in total. The van der Waals surface area contributed by atoms with Gasteiger partial charge in [-0.15, -0.1) is 11.8 Å². The molecule has 3 atom stereocenters. The number of methoxy groups -OCH3 is 1. The summed E-state index contributed by atoms with van der Waals surface area (Å²) in [5.74, 6) is -3.13. The molecule has 1 saturated heterocycles. The maximum absolute atomic E-state index is 13.0. The summed E-state index contributed by atoms with van der Waals surface area (Å²) in [4.78, 5) is 49.3. The molecule has 1 unspecified atom stereocenters. The van der Waals surface area contributed by atoms with E-state index < -0.39 is 40.9 Å². The van der Waals surface area contributed by atoms with Crippen LogP contribution in [0.25, 0.3) is 0 Å². The molecule has 14 heteroatoms. The number of amidine groups is 1. The van der Waals surface area contributed by atoms with Crippen LogP contribution in [0.15, 0.2) is 11.3 Å². The van der Waals surface area contributed by atoms with Gasteiger partial charge in [-0.25, -0.2) is 4.79 Å². The number of nitrogens with zero attached hydrogens (tertiary/aromatic N) is 1. The summed E-state index contributed by atoms with van der Waals surface area (Å²) in [5, 5.41) is 31.4. The van der Waals surface area contributed by atoms with Crippen LogP contribution in [0.2, 0.25) is 0 Å². The summed E-state index contributed by atoms with van der Waals surface area (Å²) in [6.45, 7) is 2.60. The number of nitrogens with two attached hydrogens (primary N) is 1. The first-order chi connectivity index (χ1) is 15.6. The number of carbonyl (C=O) groups is 4. The van der Waals surface area contributed by atoms with E-state index in [1.54, 1.807) is 0 Å². The molecular weight excluding hydrogens is 474 g/mol. The normalized spacial score (nSPS) is 22.8. The summed E-state index contributed by atoms with van der Waals surface area (Å²) >= 11 is 2.41. The van der Waals surface area contributed by atoms with Crippen LogP contribution >= 0.6 is 23.5 Å². The first-order valence-electron chi connectivity index (χ1n) is 10.3. The van der Waals surface area contributed by atoms with Gasteiger partial charge < -0.3 is 31.3 Å². The van der Waals surface area contributed by atoms with E-state index in [2.05, 4.69) is 10.6 Å². The second kappa shape index (κ2) is 11.7. The van der Waals surface area contributed by atoms with Crippen molar-refractivity contribution in [2.24, 2.45) is 5.73 Å². The minimum atomic E-state index is -1.70. The van der Waals surface area contributed by atoms with E-state index in [1.165, 1.54) is 18.9 Å². The number of carbonyl (C=O) groups excluding carboxylic acids is 2. The zero-order valence-corrected chi connectivity index (χ0v) is 20.0. The Balaban J connectivity index is 2.08. The molecule has 12 nitrogen and oxygen atoms in total. The van der Waals surface area contributed by atoms with Crippen LogP contribution in [0.1, 0.15) is 32.6 Å². The van der Waals surface area contributed by atoms with E-state index in [9.17, 15) is 24.3 Å². The Morgan fingerprint density at radius 1 is 1.42 bits per heavy atom. The van der Waals surface area contributed by atoms with Crippen molar-refractivity contribution in [2.75, 3.05) is 25.2 Å². The smallest absolute Gasteiger partial charge is 0.352 e. The van der Waals surface area contributed by atoms with E-state index in [0.717, 1.165) is 23.1 Å². The molecule has 2 heterocycles. The molecule has 1 fully saturated rings. The largest absolute Gasteiger partial charge is 0.480 e. The van der Waals surface area contributed by atoms with Gasteiger partial charge in [-0.05, 0) is 24.8 Å². The Labute approximate surface area is 199 Å². The molecule has 2 aliphatic rings. The van der Waals surface area contributed by atoms with Crippen molar-refractivity contribution in [3.8, 4) is 0 Å². The second-order valence-corrected chi connectivity index (χ2v) is 9.52. The summed E-state index contributed by atoms with van der Waals surface area (Å²) in [5.41, 5.74) is 4.07.